The van der Waals surface area contributed by atoms with Crippen LogP contribution in [0.25, 0.3) is 11.6 Å². The van der Waals surface area contributed by atoms with Crippen molar-refractivity contribution in [3.8, 4) is 23.0 Å². The van der Waals surface area contributed by atoms with Gasteiger partial charge in [-0.3, -0.25) is 4.79 Å². The summed E-state index contributed by atoms with van der Waals surface area (Å²) in [5, 5.41) is 0. The predicted molar refractivity (Wildman–Crippen MR) is 193 cm³/mol. The summed E-state index contributed by atoms with van der Waals surface area (Å²) < 4.78 is 36.4. The third kappa shape index (κ3) is 13.5. The van der Waals surface area contributed by atoms with Gasteiger partial charge in [0, 0.05) is 5.56 Å². The van der Waals surface area contributed by atoms with Gasteiger partial charge in [0.25, 0.3) is 0 Å². The topological polar surface area (TPSA) is 54.0 Å². The van der Waals surface area contributed by atoms with E-state index in [1.54, 1.807) is 6.08 Å². The summed E-state index contributed by atoms with van der Waals surface area (Å²) in [6, 6.07) is 28.8. The smallest absolute Gasteiger partial charge is 0.185 e. The van der Waals surface area contributed by atoms with Gasteiger partial charge in [-0.25, -0.2) is 4.39 Å². The van der Waals surface area contributed by atoms with Crippen molar-refractivity contribution >= 4 is 17.4 Å². The van der Waals surface area contributed by atoms with E-state index < -0.39 is 0 Å². The van der Waals surface area contributed by atoms with E-state index in [-0.39, 0.29) is 11.6 Å². The van der Waals surface area contributed by atoms with E-state index in [4.69, 9.17) is 18.9 Å². The molecule has 252 valence electrons. The first-order chi connectivity index (χ1) is 23.5. The van der Waals surface area contributed by atoms with Crippen LogP contribution in [0, 0.1) is 5.82 Å². The monoisotopic (exact) mass is 650 g/mol. The lowest BCUT2D eigenvalue weighted by molar-refractivity contribution is 0.104. The molecule has 0 amide bonds. The number of carbonyl (C=O) groups is 1. The Hall–Kier alpha value is -4.84. The Labute approximate surface area is 285 Å². The highest BCUT2D eigenvalue weighted by atomic mass is 19.1. The van der Waals surface area contributed by atoms with Crippen molar-refractivity contribution in [1.82, 2.24) is 0 Å². The first kappa shape index (κ1) is 36.0. The lowest BCUT2D eigenvalue weighted by atomic mass is 10.1. The van der Waals surface area contributed by atoms with Crippen LogP contribution in [0.15, 0.2) is 110 Å². The Morgan fingerprint density at radius 3 is 1.38 bits per heavy atom. The highest BCUT2D eigenvalue weighted by Crippen LogP contribution is 2.20. The van der Waals surface area contributed by atoms with Gasteiger partial charge < -0.3 is 18.9 Å². The number of hydrogen-bond donors (Lipinski definition) is 0. The van der Waals surface area contributed by atoms with E-state index in [1.807, 2.05) is 67.6 Å². The molecular formula is C42H47FO5. The maximum absolute atomic E-state index is 13.0. The minimum atomic E-state index is -0.366. The number of hydrogen-bond acceptors (Lipinski definition) is 5. The van der Waals surface area contributed by atoms with Gasteiger partial charge in [-0.15, -0.1) is 0 Å². The highest BCUT2D eigenvalue weighted by Gasteiger charge is 2.03. The van der Waals surface area contributed by atoms with Crippen molar-refractivity contribution in [3.63, 3.8) is 0 Å². The molecular weight excluding hydrogens is 603 g/mol. The maximum atomic E-state index is 13.0. The van der Waals surface area contributed by atoms with Crippen LogP contribution in [0.4, 0.5) is 4.39 Å². The number of benzene rings is 4. The van der Waals surface area contributed by atoms with Crippen molar-refractivity contribution in [2.24, 2.45) is 0 Å². The van der Waals surface area contributed by atoms with Gasteiger partial charge in [0.15, 0.2) is 5.78 Å². The van der Waals surface area contributed by atoms with Crippen molar-refractivity contribution in [1.29, 1.82) is 0 Å². The van der Waals surface area contributed by atoms with Gasteiger partial charge in [0.2, 0.25) is 0 Å². The van der Waals surface area contributed by atoms with Gasteiger partial charge >= 0.3 is 0 Å². The molecule has 0 heterocycles. The van der Waals surface area contributed by atoms with E-state index in [0.29, 0.717) is 24.5 Å². The Morgan fingerprint density at radius 2 is 0.917 bits per heavy atom. The summed E-state index contributed by atoms with van der Waals surface area (Å²) in [6.45, 7) is 8.28. The number of ether oxygens (including phenoxy) is 4. The normalized spacial score (nSPS) is 11.0. The molecule has 48 heavy (non-hydrogen) atoms. The average molecular weight is 651 g/mol. The SMILES string of the molecule is C=C(C)c1ccc(OCCCCCCCCCCOc2ccc(OCCOc3ccc(C=CC(=O)c4ccc(F)cc4)cc3)cc2)cc1. The van der Waals surface area contributed by atoms with E-state index in [1.165, 1.54) is 68.9 Å². The number of allylic oxidation sites excluding steroid dienone is 2. The largest absolute Gasteiger partial charge is 0.494 e. The predicted octanol–water partition coefficient (Wildman–Crippen LogP) is 10.8. The molecule has 0 saturated carbocycles. The lowest BCUT2D eigenvalue weighted by Crippen LogP contribution is -2.08. The molecule has 5 nitrogen and oxygen atoms in total. The maximum Gasteiger partial charge on any atom is 0.185 e. The van der Waals surface area contributed by atoms with Crippen LogP contribution in [0.1, 0.15) is 79.8 Å². The second-order valence-corrected chi connectivity index (χ2v) is 11.8. The van der Waals surface area contributed by atoms with E-state index in [0.717, 1.165) is 60.0 Å². The van der Waals surface area contributed by atoms with Crippen LogP contribution in [-0.2, 0) is 0 Å². The summed E-state index contributed by atoms with van der Waals surface area (Å²) in [5.74, 6) is 2.71. The number of ketones is 1. The summed E-state index contributed by atoms with van der Waals surface area (Å²) in [4.78, 5) is 12.2. The third-order valence-electron chi connectivity index (χ3n) is 7.80. The Balaban J connectivity index is 0.971. The van der Waals surface area contributed by atoms with Crippen LogP contribution in [-0.4, -0.2) is 32.2 Å². The Bertz CT molecular complexity index is 1540. The highest BCUT2D eigenvalue weighted by molar-refractivity contribution is 6.06. The zero-order chi connectivity index (χ0) is 33.8. The molecule has 6 heteroatoms. The lowest BCUT2D eigenvalue weighted by Gasteiger charge is -2.10. The first-order valence-electron chi connectivity index (χ1n) is 16.9. The molecule has 4 aromatic rings. The summed E-state index contributed by atoms with van der Waals surface area (Å²) in [5.41, 5.74) is 3.53. The van der Waals surface area contributed by atoms with Gasteiger partial charge in [-0.05, 0) is 110 Å². The molecule has 0 saturated heterocycles. The number of halogens is 1. The van der Waals surface area contributed by atoms with Crippen molar-refractivity contribution in [2.45, 2.75) is 58.3 Å². The van der Waals surface area contributed by atoms with E-state index >= 15 is 0 Å². The van der Waals surface area contributed by atoms with Crippen LogP contribution in [0.2, 0.25) is 0 Å². The molecule has 4 aromatic carbocycles. The fraction of sp³-hybridized carbons (Fsp3) is 0.310. The van der Waals surface area contributed by atoms with Crippen LogP contribution in [0.3, 0.4) is 0 Å². The van der Waals surface area contributed by atoms with E-state index in [9.17, 15) is 9.18 Å². The van der Waals surface area contributed by atoms with Gasteiger partial charge in [-0.2, -0.15) is 0 Å². The second-order valence-electron chi connectivity index (χ2n) is 11.8. The average Bonchev–Trinajstić information content (AvgIpc) is 3.11. The second kappa shape index (κ2) is 20.4. The summed E-state index contributed by atoms with van der Waals surface area (Å²) in [7, 11) is 0. The molecule has 0 spiro atoms. The molecule has 0 fully saturated rings. The van der Waals surface area contributed by atoms with Crippen LogP contribution >= 0.6 is 0 Å². The number of rotatable bonds is 22. The quantitative estimate of drug-likeness (QED) is 0.0481. The first-order valence-corrected chi connectivity index (χ1v) is 16.9. The van der Waals surface area contributed by atoms with Gasteiger partial charge in [0.05, 0.1) is 13.2 Å². The summed E-state index contributed by atoms with van der Waals surface area (Å²) in [6.07, 6.45) is 12.8. The van der Waals surface area contributed by atoms with Crippen molar-refractivity contribution < 1.29 is 28.1 Å². The van der Waals surface area contributed by atoms with Gasteiger partial charge in [0.1, 0.15) is 42.0 Å². The minimum absolute atomic E-state index is 0.180. The molecule has 0 N–H and O–H groups in total. The molecule has 0 aliphatic heterocycles. The molecule has 0 radical (unpaired) electrons. The third-order valence-corrected chi connectivity index (χ3v) is 7.80. The Kier molecular flexibility index (Phi) is 15.3. The standard InChI is InChI=1S/C42H47FO5/c1-33(2)35-16-22-39(23-17-35)45-29-9-7-5-3-4-6-8-10-30-46-40-24-26-41(27-25-40)48-32-31-47-38-20-11-34(12-21-38)13-28-42(44)36-14-18-37(43)19-15-36/h11-28H,1,3-10,29-32H2,2H3. The molecule has 0 atom stereocenters. The summed E-state index contributed by atoms with van der Waals surface area (Å²) >= 11 is 0. The number of carbonyl (C=O) groups excluding carboxylic acids is 1. The minimum Gasteiger partial charge on any atom is -0.494 e. The molecule has 0 aliphatic rings. The molecule has 4 rings (SSSR count). The van der Waals surface area contributed by atoms with E-state index in [2.05, 4.69) is 18.7 Å². The molecule has 0 aliphatic carbocycles. The fourth-order valence-corrected chi connectivity index (χ4v) is 4.99. The zero-order valence-corrected chi connectivity index (χ0v) is 28.0. The fourth-order valence-electron chi connectivity index (χ4n) is 4.99. The van der Waals surface area contributed by atoms with Crippen LogP contribution < -0.4 is 18.9 Å². The molecule has 0 aromatic heterocycles. The Morgan fingerprint density at radius 1 is 0.542 bits per heavy atom. The van der Waals surface area contributed by atoms with Crippen LogP contribution in [0.5, 0.6) is 23.0 Å². The zero-order valence-electron chi connectivity index (χ0n) is 28.0. The number of unbranched alkanes of at least 4 members (excludes halogenated alkanes) is 7. The van der Waals surface area contributed by atoms with Gasteiger partial charge in [-0.1, -0.05) is 81.0 Å². The van der Waals surface area contributed by atoms with Crippen molar-refractivity contribution in [2.75, 3.05) is 26.4 Å². The van der Waals surface area contributed by atoms with Crippen molar-refractivity contribution in [3.05, 3.63) is 132 Å². The molecule has 0 bridgehead atoms. The molecule has 0 unspecified atom stereocenters.